The van der Waals surface area contributed by atoms with E-state index >= 15 is 0 Å². The number of para-hydroxylation sites is 2. The minimum absolute atomic E-state index is 0.430. The molecule has 0 bridgehead atoms. The van der Waals surface area contributed by atoms with E-state index in [2.05, 4.69) is 20.9 Å². The van der Waals surface area contributed by atoms with Crippen molar-refractivity contribution in [2.24, 2.45) is 0 Å². The molecule has 0 spiro atoms. The molecule has 3 aromatic rings. The molecule has 25 heavy (non-hydrogen) atoms. The van der Waals surface area contributed by atoms with Gasteiger partial charge in [0.25, 0.3) is 0 Å². The highest BCUT2D eigenvalue weighted by molar-refractivity contribution is 6.30. The Kier molecular flexibility index (Phi) is 5.90. The van der Waals surface area contributed by atoms with Crippen molar-refractivity contribution in [2.45, 2.75) is 25.9 Å². The zero-order chi connectivity index (χ0) is 17.5. The fourth-order valence-corrected chi connectivity index (χ4v) is 2.86. The molecule has 6 heteroatoms. The summed E-state index contributed by atoms with van der Waals surface area (Å²) in [4.78, 5) is 15.2. The van der Waals surface area contributed by atoms with Crippen LogP contribution >= 0.6 is 11.6 Å². The maximum absolute atomic E-state index is 10.6. The summed E-state index contributed by atoms with van der Waals surface area (Å²) in [5.74, 6) is 1.69. The van der Waals surface area contributed by atoms with Crippen LogP contribution in [-0.4, -0.2) is 22.6 Å². The number of carbonyl (C=O) groups excluding carboxylic acids is 1. The van der Waals surface area contributed by atoms with Crippen LogP contribution < -0.4 is 10.1 Å². The van der Waals surface area contributed by atoms with Crippen LogP contribution in [0.2, 0.25) is 5.02 Å². The molecule has 0 fully saturated rings. The molecule has 0 aliphatic heterocycles. The normalized spacial score (nSPS) is 10.8. The largest absolute Gasteiger partial charge is 0.494 e. The van der Waals surface area contributed by atoms with Crippen LogP contribution in [0.4, 0.5) is 0 Å². The highest BCUT2D eigenvalue weighted by atomic mass is 35.5. The average Bonchev–Trinajstić information content (AvgIpc) is 2.99. The van der Waals surface area contributed by atoms with Gasteiger partial charge >= 0.3 is 0 Å². The molecule has 1 amide bonds. The van der Waals surface area contributed by atoms with Crippen molar-refractivity contribution in [1.29, 1.82) is 0 Å². The number of unbranched alkanes of at least 4 members (excludes halogenated alkanes) is 1. The summed E-state index contributed by atoms with van der Waals surface area (Å²) >= 11 is 5.86. The number of ether oxygens (including phenoxy) is 1. The molecule has 0 saturated carbocycles. The van der Waals surface area contributed by atoms with Crippen molar-refractivity contribution in [3.63, 3.8) is 0 Å². The summed E-state index contributed by atoms with van der Waals surface area (Å²) in [6.45, 7) is 1.91. The monoisotopic (exact) mass is 357 g/mol. The summed E-state index contributed by atoms with van der Waals surface area (Å²) in [7, 11) is 0. The maximum Gasteiger partial charge on any atom is 0.207 e. The molecule has 3 rings (SSSR count). The van der Waals surface area contributed by atoms with E-state index in [0.29, 0.717) is 24.6 Å². The molecular weight excluding hydrogens is 338 g/mol. The lowest BCUT2D eigenvalue weighted by atomic mass is 10.3. The van der Waals surface area contributed by atoms with Crippen LogP contribution in [0.1, 0.15) is 18.7 Å². The quantitative estimate of drug-likeness (QED) is 0.468. The van der Waals surface area contributed by atoms with Gasteiger partial charge < -0.3 is 14.6 Å². The number of halogens is 1. The first kappa shape index (κ1) is 17.3. The number of nitrogens with zero attached hydrogens (tertiary/aromatic N) is 2. The number of nitrogens with one attached hydrogen (secondary N) is 1. The third-order valence-corrected chi connectivity index (χ3v) is 4.19. The lowest BCUT2D eigenvalue weighted by Gasteiger charge is -2.10. The van der Waals surface area contributed by atoms with Gasteiger partial charge in [-0.3, -0.25) is 4.79 Å². The number of carbonyl (C=O) groups is 1. The van der Waals surface area contributed by atoms with Crippen LogP contribution in [0.15, 0.2) is 48.5 Å². The second kappa shape index (κ2) is 8.53. The van der Waals surface area contributed by atoms with Crippen molar-refractivity contribution in [2.75, 3.05) is 6.61 Å². The van der Waals surface area contributed by atoms with Gasteiger partial charge in [-0.25, -0.2) is 4.98 Å². The molecule has 0 atom stereocenters. The third kappa shape index (κ3) is 4.51. The molecule has 1 N–H and O–H groups in total. The standard InChI is InChI=1S/C19H20ClN3O2/c20-15-7-9-16(10-8-15)25-12-4-3-11-23-18-6-2-1-5-17(18)22-19(23)13-21-14-24/h1-2,5-10,14H,3-4,11-13H2,(H,21,24). The summed E-state index contributed by atoms with van der Waals surface area (Å²) in [5.41, 5.74) is 2.03. The van der Waals surface area contributed by atoms with Gasteiger partial charge in [0.1, 0.15) is 11.6 Å². The Balaban J connectivity index is 1.56. The lowest BCUT2D eigenvalue weighted by Crippen LogP contribution is -2.15. The summed E-state index contributed by atoms with van der Waals surface area (Å²) in [6, 6.07) is 15.4. The van der Waals surface area contributed by atoms with Gasteiger partial charge in [-0.1, -0.05) is 23.7 Å². The molecule has 1 heterocycles. The van der Waals surface area contributed by atoms with E-state index in [4.69, 9.17) is 16.3 Å². The third-order valence-electron chi connectivity index (χ3n) is 3.94. The van der Waals surface area contributed by atoms with Crippen molar-refractivity contribution in [3.05, 3.63) is 59.4 Å². The van der Waals surface area contributed by atoms with Crippen LogP contribution in [0.3, 0.4) is 0 Å². The zero-order valence-electron chi connectivity index (χ0n) is 13.8. The zero-order valence-corrected chi connectivity index (χ0v) is 14.6. The molecular formula is C19H20ClN3O2. The molecule has 0 unspecified atom stereocenters. The van der Waals surface area contributed by atoms with E-state index < -0.39 is 0 Å². The van der Waals surface area contributed by atoms with E-state index in [1.165, 1.54) is 0 Å². The fraction of sp³-hybridized carbons (Fsp3) is 0.263. The Morgan fingerprint density at radius 2 is 1.92 bits per heavy atom. The molecule has 130 valence electrons. The van der Waals surface area contributed by atoms with Crippen LogP contribution in [-0.2, 0) is 17.9 Å². The van der Waals surface area contributed by atoms with E-state index in [-0.39, 0.29) is 0 Å². The molecule has 0 radical (unpaired) electrons. The van der Waals surface area contributed by atoms with Crippen LogP contribution in [0.5, 0.6) is 5.75 Å². The van der Waals surface area contributed by atoms with Gasteiger partial charge in [-0.05, 0) is 49.2 Å². The van der Waals surface area contributed by atoms with E-state index in [0.717, 1.165) is 42.0 Å². The number of amides is 1. The van der Waals surface area contributed by atoms with Gasteiger partial charge in [0.05, 0.1) is 24.2 Å². The summed E-state index contributed by atoms with van der Waals surface area (Å²) in [6.07, 6.45) is 2.58. The Morgan fingerprint density at radius 1 is 1.12 bits per heavy atom. The number of hydrogen-bond donors (Lipinski definition) is 1. The molecule has 5 nitrogen and oxygen atoms in total. The van der Waals surface area contributed by atoms with Crippen molar-refractivity contribution in [3.8, 4) is 5.75 Å². The van der Waals surface area contributed by atoms with Crippen molar-refractivity contribution < 1.29 is 9.53 Å². The first-order chi connectivity index (χ1) is 12.3. The number of benzene rings is 2. The molecule has 0 saturated heterocycles. The van der Waals surface area contributed by atoms with Crippen LogP contribution in [0.25, 0.3) is 11.0 Å². The topological polar surface area (TPSA) is 56.2 Å². The highest BCUT2D eigenvalue weighted by Gasteiger charge is 2.09. The molecule has 0 aliphatic rings. The van der Waals surface area contributed by atoms with Crippen LogP contribution in [0, 0.1) is 0 Å². The smallest absolute Gasteiger partial charge is 0.207 e. The van der Waals surface area contributed by atoms with Gasteiger partial charge in [0.15, 0.2) is 0 Å². The van der Waals surface area contributed by atoms with Gasteiger partial charge in [-0.2, -0.15) is 0 Å². The van der Waals surface area contributed by atoms with E-state index in [1.807, 2.05) is 42.5 Å². The van der Waals surface area contributed by atoms with Gasteiger partial charge in [0.2, 0.25) is 6.41 Å². The molecule has 1 aromatic heterocycles. The Labute approximate surface area is 151 Å². The van der Waals surface area contributed by atoms with E-state index in [9.17, 15) is 4.79 Å². The Morgan fingerprint density at radius 3 is 2.72 bits per heavy atom. The van der Waals surface area contributed by atoms with Crippen molar-refractivity contribution in [1.82, 2.24) is 14.9 Å². The SMILES string of the molecule is O=CNCc1nc2ccccc2n1CCCCOc1ccc(Cl)cc1. The van der Waals surface area contributed by atoms with Crippen molar-refractivity contribution >= 4 is 29.0 Å². The second-order valence-corrected chi connectivity index (χ2v) is 6.11. The van der Waals surface area contributed by atoms with E-state index in [1.54, 1.807) is 0 Å². The highest BCUT2D eigenvalue weighted by Crippen LogP contribution is 2.18. The lowest BCUT2D eigenvalue weighted by molar-refractivity contribution is -0.109. The molecule has 2 aromatic carbocycles. The number of rotatable bonds is 9. The fourth-order valence-electron chi connectivity index (χ4n) is 2.74. The first-order valence-corrected chi connectivity index (χ1v) is 8.65. The van der Waals surface area contributed by atoms with Gasteiger partial charge in [0, 0.05) is 11.6 Å². The Bertz CT molecular complexity index is 830. The first-order valence-electron chi connectivity index (χ1n) is 8.27. The minimum atomic E-state index is 0.430. The Hall–Kier alpha value is -2.53. The maximum atomic E-state index is 10.6. The summed E-state index contributed by atoms with van der Waals surface area (Å²) < 4.78 is 7.88. The summed E-state index contributed by atoms with van der Waals surface area (Å²) in [5, 5.41) is 3.40. The second-order valence-electron chi connectivity index (χ2n) is 5.68. The predicted molar refractivity (Wildman–Crippen MR) is 98.8 cm³/mol. The minimum Gasteiger partial charge on any atom is -0.494 e. The number of aryl methyl sites for hydroxylation is 1. The average molecular weight is 358 g/mol. The molecule has 0 aliphatic carbocycles. The number of imidazole rings is 1. The number of aromatic nitrogens is 2. The number of hydrogen-bond acceptors (Lipinski definition) is 3. The van der Waals surface area contributed by atoms with Gasteiger partial charge in [-0.15, -0.1) is 0 Å². The number of fused-ring (bicyclic) bond motifs is 1. The predicted octanol–water partition coefficient (Wildman–Crippen LogP) is 3.79.